The van der Waals surface area contributed by atoms with Gasteiger partial charge >= 0.3 is 0 Å². The first-order valence-electron chi connectivity index (χ1n) is 5.81. The summed E-state index contributed by atoms with van der Waals surface area (Å²) in [7, 11) is 0. The van der Waals surface area contributed by atoms with E-state index in [1.54, 1.807) is 18.2 Å². The first-order chi connectivity index (χ1) is 7.93. The monoisotopic (exact) mass is 254 g/mol. The minimum absolute atomic E-state index is 0.132. The van der Waals surface area contributed by atoms with Crippen molar-refractivity contribution in [3.63, 3.8) is 0 Å². The average Bonchev–Trinajstić information content (AvgIpc) is 2.26. The predicted molar refractivity (Wildman–Crippen MR) is 72.2 cm³/mol. The number of nitrogen functional groups attached to an aromatic ring is 1. The Balaban J connectivity index is 2.76. The number of carbonyl (C=O) groups is 1. The molecule has 0 spiro atoms. The van der Waals surface area contributed by atoms with E-state index in [1.807, 2.05) is 6.92 Å². The second-order valence-corrected chi connectivity index (χ2v) is 4.86. The van der Waals surface area contributed by atoms with E-state index in [2.05, 4.69) is 19.2 Å². The molecule has 1 aromatic rings. The molecule has 3 N–H and O–H groups in total. The third-order valence-electron chi connectivity index (χ3n) is 3.04. The number of benzene rings is 1. The molecule has 2 unspecified atom stereocenters. The lowest BCUT2D eigenvalue weighted by molar-refractivity contribution is 0.0928. The Morgan fingerprint density at radius 3 is 2.59 bits per heavy atom. The van der Waals surface area contributed by atoms with Crippen LogP contribution < -0.4 is 11.1 Å². The summed E-state index contributed by atoms with van der Waals surface area (Å²) in [6, 6.07) is 5.00. The number of anilines is 1. The van der Waals surface area contributed by atoms with Crippen LogP contribution >= 0.6 is 11.6 Å². The van der Waals surface area contributed by atoms with E-state index < -0.39 is 0 Å². The van der Waals surface area contributed by atoms with Crippen molar-refractivity contribution in [1.82, 2.24) is 5.32 Å². The third-order valence-corrected chi connectivity index (χ3v) is 3.26. The van der Waals surface area contributed by atoms with E-state index in [1.165, 1.54) is 0 Å². The molecular formula is C13H19ClN2O. The number of amides is 1. The van der Waals surface area contributed by atoms with Gasteiger partial charge in [-0.2, -0.15) is 0 Å². The second-order valence-electron chi connectivity index (χ2n) is 4.42. The molecule has 0 fully saturated rings. The van der Waals surface area contributed by atoms with Gasteiger partial charge in [0, 0.05) is 22.3 Å². The standard InChI is InChI=1S/C13H19ClN2O/c1-4-8(2)9(3)16-13(17)10-5-11(14)7-12(15)6-10/h5-9H,4,15H2,1-3H3,(H,16,17). The Labute approximate surface area is 107 Å². The number of nitrogens with one attached hydrogen (secondary N) is 1. The summed E-state index contributed by atoms with van der Waals surface area (Å²) >= 11 is 5.86. The summed E-state index contributed by atoms with van der Waals surface area (Å²) in [5.74, 6) is 0.308. The minimum Gasteiger partial charge on any atom is -0.399 e. The van der Waals surface area contributed by atoms with Crippen LogP contribution in [0.3, 0.4) is 0 Å². The molecule has 4 heteroatoms. The van der Waals surface area contributed by atoms with Crippen LogP contribution in [-0.4, -0.2) is 11.9 Å². The summed E-state index contributed by atoms with van der Waals surface area (Å²) < 4.78 is 0. The molecule has 0 aliphatic rings. The maximum Gasteiger partial charge on any atom is 0.251 e. The van der Waals surface area contributed by atoms with Crippen LogP contribution in [0.4, 0.5) is 5.69 Å². The fraction of sp³-hybridized carbons (Fsp3) is 0.462. The van der Waals surface area contributed by atoms with E-state index in [-0.39, 0.29) is 11.9 Å². The lowest BCUT2D eigenvalue weighted by Gasteiger charge is -2.20. The van der Waals surface area contributed by atoms with Gasteiger partial charge in [-0.25, -0.2) is 0 Å². The molecule has 94 valence electrons. The third kappa shape index (κ3) is 3.93. The summed E-state index contributed by atoms with van der Waals surface area (Å²) in [5.41, 5.74) is 6.65. The van der Waals surface area contributed by atoms with Crippen molar-refractivity contribution < 1.29 is 4.79 Å². The highest BCUT2D eigenvalue weighted by Crippen LogP contribution is 2.17. The van der Waals surface area contributed by atoms with E-state index in [0.717, 1.165) is 6.42 Å². The van der Waals surface area contributed by atoms with Crippen LogP contribution in [-0.2, 0) is 0 Å². The van der Waals surface area contributed by atoms with Gasteiger partial charge in [0.05, 0.1) is 0 Å². The molecule has 0 aliphatic heterocycles. The maximum absolute atomic E-state index is 12.0. The van der Waals surface area contributed by atoms with E-state index in [4.69, 9.17) is 17.3 Å². The molecule has 1 aromatic carbocycles. The fourth-order valence-corrected chi connectivity index (χ4v) is 1.77. The summed E-state index contributed by atoms with van der Waals surface area (Å²) in [6.45, 7) is 6.21. The number of hydrogen-bond donors (Lipinski definition) is 2. The molecule has 3 nitrogen and oxygen atoms in total. The van der Waals surface area contributed by atoms with Gasteiger partial charge in [0.25, 0.3) is 5.91 Å². The van der Waals surface area contributed by atoms with Crippen molar-refractivity contribution in [3.05, 3.63) is 28.8 Å². The Kier molecular flexibility index (Phi) is 4.82. The highest BCUT2D eigenvalue weighted by molar-refractivity contribution is 6.31. The molecular weight excluding hydrogens is 236 g/mol. The Morgan fingerprint density at radius 2 is 2.06 bits per heavy atom. The molecule has 0 aliphatic carbocycles. The molecule has 0 saturated carbocycles. The highest BCUT2D eigenvalue weighted by atomic mass is 35.5. The lowest BCUT2D eigenvalue weighted by atomic mass is 10.0. The number of nitrogens with two attached hydrogens (primary N) is 1. The van der Waals surface area contributed by atoms with Gasteiger partial charge in [0.15, 0.2) is 0 Å². The average molecular weight is 255 g/mol. The van der Waals surface area contributed by atoms with Gasteiger partial charge in [0.1, 0.15) is 0 Å². The predicted octanol–water partition coefficient (Wildman–Crippen LogP) is 3.09. The van der Waals surface area contributed by atoms with Crippen LogP contribution in [0, 0.1) is 5.92 Å². The zero-order valence-electron chi connectivity index (χ0n) is 10.5. The molecule has 0 heterocycles. The first kappa shape index (κ1) is 13.8. The zero-order valence-corrected chi connectivity index (χ0v) is 11.2. The lowest BCUT2D eigenvalue weighted by Crippen LogP contribution is -2.36. The van der Waals surface area contributed by atoms with Crippen LogP contribution in [0.1, 0.15) is 37.6 Å². The molecule has 0 aromatic heterocycles. The normalized spacial score (nSPS) is 14.1. The van der Waals surface area contributed by atoms with Gasteiger partial charge in [-0.05, 0) is 31.0 Å². The van der Waals surface area contributed by atoms with Crippen molar-refractivity contribution >= 4 is 23.2 Å². The highest BCUT2D eigenvalue weighted by Gasteiger charge is 2.14. The van der Waals surface area contributed by atoms with Crippen molar-refractivity contribution in [3.8, 4) is 0 Å². The fourth-order valence-electron chi connectivity index (χ4n) is 1.53. The number of hydrogen-bond acceptors (Lipinski definition) is 2. The Morgan fingerprint density at radius 1 is 1.41 bits per heavy atom. The van der Waals surface area contributed by atoms with Crippen molar-refractivity contribution in [2.45, 2.75) is 33.2 Å². The molecule has 17 heavy (non-hydrogen) atoms. The largest absolute Gasteiger partial charge is 0.399 e. The van der Waals surface area contributed by atoms with Crippen molar-refractivity contribution in [2.75, 3.05) is 5.73 Å². The maximum atomic E-state index is 12.0. The van der Waals surface area contributed by atoms with Crippen LogP contribution in [0.2, 0.25) is 5.02 Å². The van der Waals surface area contributed by atoms with Gasteiger partial charge in [-0.1, -0.05) is 31.9 Å². The van der Waals surface area contributed by atoms with Gasteiger partial charge < -0.3 is 11.1 Å². The molecule has 0 saturated heterocycles. The molecule has 1 amide bonds. The van der Waals surface area contributed by atoms with Crippen LogP contribution in [0.25, 0.3) is 0 Å². The summed E-state index contributed by atoms with van der Waals surface area (Å²) in [4.78, 5) is 12.0. The number of rotatable bonds is 4. The summed E-state index contributed by atoms with van der Waals surface area (Å²) in [6.07, 6.45) is 1.03. The first-order valence-corrected chi connectivity index (χ1v) is 6.18. The van der Waals surface area contributed by atoms with Crippen molar-refractivity contribution in [1.29, 1.82) is 0 Å². The van der Waals surface area contributed by atoms with Crippen LogP contribution in [0.15, 0.2) is 18.2 Å². The second kappa shape index (κ2) is 5.92. The number of carbonyl (C=O) groups excluding carboxylic acids is 1. The Bertz CT molecular complexity index is 386. The number of halogens is 1. The van der Waals surface area contributed by atoms with E-state index in [0.29, 0.717) is 22.2 Å². The van der Waals surface area contributed by atoms with E-state index in [9.17, 15) is 4.79 Å². The van der Waals surface area contributed by atoms with Gasteiger partial charge in [0.2, 0.25) is 0 Å². The van der Waals surface area contributed by atoms with E-state index >= 15 is 0 Å². The van der Waals surface area contributed by atoms with Crippen molar-refractivity contribution in [2.24, 2.45) is 5.92 Å². The molecule has 0 radical (unpaired) electrons. The minimum atomic E-state index is -0.132. The molecule has 0 bridgehead atoms. The summed E-state index contributed by atoms with van der Waals surface area (Å²) in [5, 5.41) is 3.43. The zero-order chi connectivity index (χ0) is 13.0. The topological polar surface area (TPSA) is 55.1 Å². The smallest absolute Gasteiger partial charge is 0.251 e. The molecule has 2 atom stereocenters. The van der Waals surface area contributed by atoms with Gasteiger partial charge in [-0.15, -0.1) is 0 Å². The van der Waals surface area contributed by atoms with Crippen LogP contribution in [0.5, 0.6) is 0 Å². The molecule has 1 rings (SSSR count). The Hall–Kier alpha value is -1.22. The quantitative estimate of drug-likeness (QED) is 0.812. The van der Waals surface area contributed by atoms with Gasteiger partial charge in [-0.3, -0.25) is 4.79 Å². The SMILES string of the molecule is CCC(C)C(C)NC(=O)c1cc(N)cc(Cl)c1.